The van der Waals surface area contributed by atoms with Crippen molar-refractivity contribution in [3.05, 3.63) is 51.6 Å². The molecule has 9 heteroatoms. The minimum absolute atomic E-state index is 0.0355. The average Bonchev–Trinajstić information content (AvgIpc) is 3.51. The highest BCUT2D eigenvalue weighted by molar-refractivity contribution is 7.91. The van der Waals surface area contributed by atoms with Gasteiger partial charge in [0.15, 0.2) is 9.84 Å². The lowest BCUT2D eigenvalue weighted by Crippen LogP contribution is -2.36. The van der Waals surface area contributed by atoms with E-state index in [2.05, 4.69) is 44.4 Å². The van der Waals surface area contributed by atoms with Crippen molar-refractivity contribution in [3.63, 3.8) is 0 Å². The molecule has 0 spiro atoms. The Morgan fingerprint density at radius 2 is 1.97 bits per heavy atom. The van der Waals surface area contributed by atoms with Crippen LogP contribution in [-0.2, 0) is 40.3 Å². The van der Waals surface area contributed by atoms with Gasteiger partial charge in [0.25, 0.3) is 5.91 Å². The number of hydrogen-bond donors (Lipinski definition) is 2. The van der Waals surface area contributed by atoms with Gasteiger partial charge in [-0.05, 0) is 66.7 Å². The second-order valence-electron chi connectivity index (χ2n) is 11.8. The van der Waals surface area contributed by atoms with Crippen molar-refractivity contribution in [2.24, 2.45) is 11.3 Å². The van der Waals surface area contributed by atoms with E-state index in [0.717, 1.165) is 52.7 Å². The van der Waals surface area contributed by atoms with Gasteiger partial charge >= 0.3 is 0 Å². The van der Waals surface area contributed by atoms with Gasteiger partial charge in [-0.25, -0.2) is 8.42 Å². The van der Waals surface area contributed by atoms with Gasteiger partial charge in [0.05, 0.1) is 29.8 Å². The topological polar surface area (TPSA) is 105 Å². The fourth-order valence-electron chi connectivity index (χ4n) is 5.65. The summed E-state index contributed by atoms with van der Waals surface area (Å²) in [4.78, 5) is 27.9. The maximum Gasteiger partial charge on any atom is 0.254 e. The number of fused-ring (bicyclic) bond motifs is 2. The first-order valence-corrected chi connectivity index (χ1v) is 16.0. The predicted molar refractivity (Wildman–Crippen MR) is 152 cm³/mol. The van der Waals surface area contributed by atoms with Crippen LogP contribution in [0.1, 0.15) is 72.5 Å². The molecule has 2 unspecified atom stereocenters. The number of benzene rings is 1. The molecule has 5 rings (SSSR count). The summed E-state index contributed by atoms with van der Waals surface area (Å²) >= 11 is 1.48. The third-order valence-corrected chi connectivity index (χ3v) is 11.0. The molecule has 2 atom stereocenters. The van der Waals surface area contributed by atoms with Gasteiger partial charge in [0, 0.05) is 21.9 Å². The molecule has 7 nitrogen and oxygen atoms in total. The highest BCUT2D eigenvalue weighted by atomic mass is 32.2. The first kappa shape index (κ1) is 26.9. The zero-order valence-electron chi connectivity index (χ0n) is 22.5. The molecule has 2 amide bonds. The average molecular weight is 557 g/mol. The SMILES string of the molecule is CCc1ccc2occ(CC(=O)Nc3sc4c(c3C(=O)NC3CCS(=O)(=O)C3)CCC(C(C)(C)C)C4)c2c1. The van der Waals surface area contributed by atoms with Crippen molar-refractivity contribution in [2.75, 3.05) is 16.8 Å². The first-order chi connectivity index (χ1) is 17.9. The van der Waals surface area contributed by atoms with E-state index in [1.807, 2.05) is 12.1 Å². The maximum atomic E-state index is 13.5. The Morgan fingerprint density at radius 1 is 1.18 bits per heavy atom. The molecule has 1 fully saturated rings. The van der Waals surface area contributed by atoms with E-state index in [-0.39, 0.29) is 35.2 Å². The second kappa shape index (κ2) is 10.2. The summed E-state index contributed by atoms with van der Waals surface area (Å²) in [6.07, 6.45) is 5.68. The van der Waals surface area contributed by atoms with Crippen LogP contribution in [-0.4, -0.2) is 37.8 Å². The number of aryl methyl sites for hydroxylation is 1. The highest BCUT2D eigenvalue weighted by Gasteiger charge is 2.36. The van der Waals surface area contributed by atoms with E-state index < -0.39 is 15.9 Å². The normalized spacial score (nSPS) is 20.8. The Morgan fingerprint density at radius 3 is 2.66 bits per heavy atom. The van der Waals surface area contributed by atoms with Crippen molar-refractivity contribution in [1.29, 1.82) is 0 Å². The zero-order chi connectivity index (χ0) is 27.2. The second-order valence-corrected chi connectivity index (χ2v) is 15.1. The summed E-state index contributed by atoms with van der Waals surface area (Å²) in [5.74, 6) is 0.0351. The van der Waals surface area contributed by atoms with Gasteiger partial charge in [-0.1, -0.05) is 33.8 Å². The van der Waals surface area contributed by atoms with Crippen LogP contribution in [0, 0.1) is 11.3 Å². The zero-order valence-corrected chi connectivity index (χ0v) is 24.1. The number of anilines is 1. The molecule has 1 saturated heterocycles. The third kappa shape index (κ3) is 5.54. The quantitative estimate of drug-likeness (QED) is 0.428. The summed E-state index contributed by atoms with van der Waals surface area (Å²) in [6.45, 7) is 8.81. The number of furan rings is 1. The number of thiophene rings is 1. The molecular formula is C29H36N2O5S2. The molecule has 2 N–H and O–H groups in total. The van der Waals surface area contributed by atoms with Crippen LogP contribution < -0.4 is 10.6 Å². The number of sulfone groups is 1. The highest BCUT2D eigenvalue weighted by Crippen LogP contribution is 2.44. The van der Waals surface area contributed by atoms with Crippen molar-refractivity contribution in [2.45, 2.75) is 72.3 Å². The van der Waals surface area contributed by atoms with Gasteiger partial charge in [-0.3, -0.25) is 9.59 Å². The van der Waals surface area contributed by atoms with E-state index in [1.165, 1.54) is 16.9 Å². The van der Waals surface area contributed by atoms with Crippen LogP contribution >= 0.6 is 11.3 Å². The third-order valence-electron chi connectivity index (χ3n) is 8.02. The molecule has 1 aliphatic heterocycles. The van der Waals surface area contributed by atoms with Crippen molar-refractivity contribution in [3.8, 4) is 0 Å². The molecule has 38 heavy (non-hydrogen) atoms. The fraction of sp³-hybridized carbons (Fsp3) is 0.517. The molecule has 204 valence electrons. The monoisotopic (exact) mass is 556 g/mol. The number of hydrogen-bond acceptors (Lipinski definition) is 6. The van der Waals surface area contributed by atoms with Gasteiger partial charge in [0.1, 0.15) is 10.6 Å². The largest absolute Gasteiger partial charge is 0.464 e. The van der Waals surface area contributed by atoms with Crippen molar-refractivity contribution in [1.82, 2.24) is 5.32 Å². The van der Waals surface area contributed by atoms with Crippen molar-refractivity contribution >= 4 is 49.0 Å². The fourth-order valence-corrected chi connectivity index (χ4v) is 8.66. The van der Waals surface area contributed by atoms with Gasteiger partial charge < -0.3 is 15.1 Å². The maximum absolute atomic E-state index is 13.5. The van der Waals surface area contributed by atoms with E-state index in [9.17, 15) is 18.0 Å². The Bertz CT molecular complexity index is 1490. The Kier molecular flexibility index (Phi) is 7.20. The minimum atomic E-state index is -3.12. The Labute approximate surface area is 228 Å². The lowest BCUT2D eigenvalue weighted by atomic mass is 9.72. The predicted octanol–water partition coefficient (Wildman–Crippen LogP) is 5.31. The van der Waals surface area contributed by atoms with Crippen LogP contribution in [0.2, 0.25) is 0 Å². The summed E-state index contributed by atoms with van der Waals surface area (Å²) in [7, 11) is -3.12. The van der Waals surface area contributed by atoms with E-state index in [4.69, 9.17) is 4.42 Å². The Hall–Kier alpha value is -2.65. The summed E-state index contributed by atoms with van der Waals surface area (Å²) < 4.78 is 29.6. The minimum Gasteiger partial charge on any atom is -0.464 e. The molecule has 3 heterocycles. The van der Waals surface area contributed by atoms with Crippen molar-refractivity contribution < 1.29 is 22.4 Å². The lowest BCUT2D eigenvalue weighted by molar-refractivity contribution is -0.115. The van der Waals surface area contributed by atoms with E-state index >= 15 is 0 Å². The van der Waals surface area contributed by atoms with E-state index in [1.54, 1.807) is 6.26 Å². The standard InChI is InChI=1S/C29H36N2O5S2/c1-5-17-6-9-23-22(12-17)18(15-36-23)13-25(32)31-28-26(27(33)30-20-10-11-38(34,35)16-20)21-8-7-19(29(2,3)4)14-24(21)37-28/h6,9,12,15,19-20H,5,7-8,10-11,13-14,16H2,1-4H3,(H,30,33)(H,31,32). The van der Waals surface area contributed by atoms with Crippen LogP contribution in [0.3, 0.4) is 0 Å². The van der Waals surface area contributed by atoms with Crippen LogP contribution in [0.5, 0.6) is 0 Å². The van der Waals surface area contributed by atoms with E-state index in [0.29, 0.717) is 22.9 Å². The molecule has 1 aromatic carbocycles. The molecule has 0 radical (unpaired) electrons. The summed E-state index contributed by atoms with van der Waals surface area (Å²) in [5, 5.41) is 7.46. The van der Waals surface area contributed by atoms with Crippen LogP contribution in [0.4, 0.5) is 5.00 Å². The molecule has 0 bridgehead atoms. The number of rotatable bonds is 6. The molecule has 1 aliphatic carbocycles. The molecule has 3 aromatic rings. The number of amides is 2. The number of carbonyl (C=O) groups excluding carboxylic acids is 2. The Balaban J connectivity index is 1.41. The van der Waals surface area contributed by atoms with Gasteiger partial charge in [-0.2, -0.15) is 0 Å². The van der Waals surface area contributed by atoms with Crippen LogP contribution in [0.25, 0.3) is 11.0 Å². The summed E-state index contributed by atoms with van der Waals surface area (Å²) in [6, 6.07) is 5.62. The number of nitrogens with one attached hydrogen (secondary N) is 2. The smallest absolute Gasteiger partial charge is 0.254 e. The first-order valence-electron chi connectivity index (χ1n) is 13.4. The van der Waals surface area contributed by atoms with Gasteiger partial charge in [-0.15, -0.1) is 11.3 Å². The summed E-state index contributed by atoms with van der Waals surface area (Å²) in [5.41, 5.74) is 4.37. The van der Waals surface area contributed by atoms with Crippen LogP contribution in [0.15, 0.2) is 28.9 Å². The molecule has 0 saturated carbocycles. The lowest BCUT2D eigenvalue weighted by Gasteiger charge is -2.33. The molecular weight excluding hydrogens is 520 g/mol. The molecule has 2 aliphatic rings. The van der Waals surface area contributed by atoms with Gasteiger partial charge in [0.2, 0.25) is 5.91 Å². The number of carbonyl (C=O) groups is 2. The molecule has 2 aromatic heterocycles.